The Hall–Kier alpha value is -1.17. The van der Waals surface area contributed by atoms with Gasteiger partial charge < -0.3 is 9.84 Å². The van der Waals surface area contributed by atoms with Crippen molar-refractivity contribution in [2.75, 3.05) is 5.75 Å². The van der Waals surface area contributed by atoms with E-state index in [0.29, 0.717) is 5.75 Å². The highest BCUT2D eigenvalue weighted by Gasteiger charge is 2.28. The number of hydrogen-bond acceptors (Lipinski definition) is 4. The predicted octanol–water partition coefficient (Wildman–Crippen LogP) is 3.32. The minimum absolute atomic E-state index is 0.143. The molecule has 0 spiro atoms. The van der Waals surface area contributed by atoms with Gasteiger partial charge in [0.1, 0.15) is 0 Å². The van der Waals surface area contributed by atoms with Gasteiger partial charge in [0.05, 0.1) is 17.7 Å². The molecule has 2 aliphatic rings. The number of aromatic carboxylic acids is 1. The van der Waals surface area contributed by atoms with Crippen LogP contribution in [0.3, 0.4) is 0 Å². The van der Waals surface area contributed by atoms with Crippen molar-refractivity contribution in [3.63, 3.8) is 0 Å². The molecule has 2 heterocycles. The van der Waals surface area contributed by atoms with E-state index in [9.17, 15) is 9.90 Å². The van der Waals surface area contributed by atoms with E-state index in [1.54, 1.807) is 22.6 Å². The maximum absolute atomic E-state index is 11.6. The van der Waals surface area contributed by atoms with Crippen molar-refractivity contribution >= 4 is 17.7 Å². The molecule has 0 radical (unpaired) electrons. The van der Waals surface area contributed by atoms with Gasteiger partial charge in [0.15, 0.2) is 11.4 Å². The first-order valence-corrected chi connectivity index (χ1v) is 8.39. The van der Waals surface area contributed by atoms with Crippen LogP contribution in [0.1, 0.15) is 60.8 Å². The Morgan fingerprint density at radius 3 is 2.75 bits per heavy atom. The molecule has 5 nitrogen and oxygen atoms in total. The Morgan fingerprint density at radius 2 is 2.10 bits per heavy atom. The van der Waals surface area contributed by atoms with Crippen molar-refractivity contribution in [3.05, 3.63) is 11.9 Å². The van der Waals surface area contributed by atoms with Gasteiger partial charge in [-0.1, -0.05) is 6.42 Å². The third-order valence-corrected chi connectivity index (χ3v) is 5.33. The molecule has 1 aliphatic carbocycles. The van der Waals surface area contributed by atoms with Crippen molar-refractivity contribution in [2.24, 2.45) is 0 Å². The number of hydrogen-bond donors (Lipinski definition) is 1. The SMILES string of the molecule is O=C(O)c1c(OC2CCCCC2)cnn1C1CCCS1. The smallest absolute Gasteiger partial charge is 0.358 e. The zero-order valence-corrected chi connectivity index (χ0v) is 12.3. The van der Waals surface area contributed by atoms with Crippen LogP contribution >= 0.6 is 11.8 Å². The van der Waals surface area contributed by atoms with E-state index in [-0.39, 0.29) is 17.2 Å². The first kappa shape index (κ1) is 13.8. The molecule has 1 saturated heterocycles. The molecule has 1 N–H and O–H groups in total. The molecule has 0 aromatic carbocycles. The molecule has 2 fully saturated rings. The molecule has 1 aliphatic heterocycles. The summed E-state index contributed by atoms with van der Waals surface area (Å²) in [6, 6.07) is 0. The van der Waals surface area contributed by atoms with Crippen molar-refractivity contribution in [2.45, 2.75) is 56.4 Å². The molecular weight excluding hydrogens is 276 g/mol. The van der Waals surface area contributed by atoms with E-state index in [2.05, 4.69) is 5.10 Å². The van der Waals surface area contributed by atoms with Crippen LogP contribution in [0, 0.1) is 0 Å². The molecule has 110 valence electrons. The van der Waals surface area contributed by atoms with Gasteiger partial charge in [0, 0.05) is 0 Å². The minimum Gasteiger partial charge on any atom is -0.486 e. The Kier molecular flexibility index (Phi) is 4.19. The summed E-state index contributed by atoms with van der Waals surface area (Å²) in [4.78, 5) is 11.6. The summed E-state index contributed by atoms with van der Waals surface area (Å²) in [6.07, 6.45) is 9.45. The average molecular weight is 296 g/mol. The van der Waals surface area contributed by atoms with Gasteiger partial charge in [0.25, 0.3) is 0 Å². The predicted molar refractivity (Wildman–Crippen MR) is 77.4 cm³/mol. The van der Waals surface area contributed by atoms with E-state index in [4.69, 9.17) is 4.74 Å². The van der Waals surface area contributed by atoms with Crippen LogP contribution in [0.5, 0.6) is 5.75 Å². The number of rotatable bonds is 4. The molecule has 3 rings (SSSR count). The van der Waals surface area contributed by atoms with Crippen LogP contribution in [0.15, 0.2) is 6.20 Å². The fourth-order valence-corrected chi connectivity index (χ4v) is 4.21. The lowest BCUT2D eigenvalue weighted by Crippen LogP contribution is -2.21. The van der Waals surface area contributed by atoms with Gasteiger partial charge in [-0.25, -0.2) is 9.48 Å². The number of carbonyl (C=O) groups is 1. The first-order valence-electron chi connectivity index (χ1n) is 7.35. The van der Waals surface area contributed by atoms with Crippen molar-refractivity contribution < 1.29 is 14.6 Å². The highest BCUT2D eigenvalue weighted by atomic mass is 32.2. The Bertz CT molecular complexity index is 477. The zero-order chi connectivity index (χ0) is 13.9. The quantitative estimate of drug-likeness (QED) is 0.923. The van der Waals surface area contributed by atoms with Crippen LogP contribution in [0.2, 0.25) is 0 Å². The lowest BCUT2D eigenvalue weighted by molar-refractivity contribution is 0.0671. The Labute approximate surface area is 122 Å². The molecule has 1 saturated carbocycles. The van der Waals surface area contributed by atoms with Crippen LogP contribution in [0.4, 0.5) is 0 Å². The third-order valence-electron chi connectivity index (χ3n) is 3.99. The molecule has 6 heteroatoms. The Morgan fingerprint density at radius 1 is 1.30 bits per heavy atom. The molecular formula is C14H20N2O3S. The number of thioether (sulfide) groups is 1. The van der Waals surface area contributed by atoms with E-state index < -0.39 is 5.97 Å². The van der Waals surface area contributed by atoms with E-state index >= 15 is 0 Å². The third kappa shape index (κ3) is 2.80. The second-order valence-electron chi connectivity index (χ2n) is 5.45. The van der Waals surface area contributed by atoms with Gasteiger partial charge in [-0.05, 0) is 44.3 Å². The minimum atomic E-state index is -0.944. The number of ether oxygens (including phenoxy) is 1. The maximum atomic E-state index is 11.6. The van der Waals surface area contributed by atoms with E-state index in [0.717, 1.165) is 31.4 Å². The van der Waals surface area contributed by atoms with Gasteiger partial charge in [-0.3, -0.25) is 0 Å². The number of carboxylic acid groups (broad SMARTS) is 1. The fraction of sp³-hybridized carbons (Fsp3) is 0.714. The summed E-state index contributed by atoms with van der Waals surface area (Å²) in [7, 11) is 0. The average Bonchev–Trinajstić information content (AvgIpc) is 3.08. The number of aromatic nitrogens is 2. The summed E-state index contributed by atoms with van der Waals surface area (Å²) in [5.74, 6) is 0.570. The normalized spacial score (nSPS) is 23.9. The monoisotopic (exact) mass is 296 g/mol. The largest absolute Gasteiger partial charge is 0.486 e. The van der Waals surface area contributed by atoms with Gasteiger partial charge in [-0.2, -0.15) is 5.10 Å². The summed E-state index contributed by atoms with van der Waals surface area (Å²) in [5.41, 5.74) is 0.218. The molecule has 0 bridgehead atoms. The fourth-order valence-electron chi connectivity index (χ4n) is 2.97. The second-order valence-corrected chi connectivity index (χ2v) is 6.74. The lowest BCUT2D eigenvalue weighted by atomic mass is 9.98. The summed E-state index contributed by atoms with van der Waals surface area (Å²) in [6.45, 7) is 0. The van der Waals surface area contributed by atoms with Gasteiger partial charge in [0.2, 0.25) is 0 Å². The molecule has 1 aromatic rings. The topological polar surface area (TPSA) is 64.3 Å². The highest BCUT2D eigenvalue weighted by molar-refractivity contribution is 7.99. The summed E-state index contributed by atoms with van der Waals surface area (Å²) >= 11 is 1.77. The standard InChI is InChI=1S/C14H20N2O3S/c17-14(18)13-11(19-10-5-2-1-3-6-10)9-15-16(13)12-7-4-8-20-12/h9-10,12H,1-8H2,(H,17,18). The lowest BCUT2D eigenvalue weighted by Gasteiger charge is -2.22. The van der Waals surface area contributed by atoms with Crippen molar-refractivity contribution in [1.82, 2.24) is 9.78 Å². The molecule has 1 aromatic heterocycles. The van der Waals surface area contributed by atoms with Gasteiger partial charge >= 0.3 is 5.97 Å². The maximum Gasteiger partial charge on any atom is 0.358 e. The molecule has 1 atom stereocenters. The van der Waals surface area contributed by atoms with Crippen LogP contribution in [0.25, 0.3) is 0 Å². The summed E-state index contributed by atoms with van der Waals surface area (Å²) < 4.78 is 7.55. The molecule has 0 amide bonds. The molecule has 1 unspecified atom stereocenters. The van der Waals surface area contributed by atoms with Crippen LogP contribution < -0.4 is 4.74 Å². The van der Waals surface area contributed by atoms with E-state index in [1.807, 2.05) is 0 Å². The summed E-state index contributed by atoms with van der Waals surface area (Å²) in [5, 5.41) is 13.9. The van der Waals surface area contributed by atoms with Crippen LogP contribution in [-0.2, 0) is 0 Å². The van der Waals surface area contributed by atoms with Crippen molar-refractivity contribution in [3.8, 4) is 5.75 Å². The zero-order valence-electron chi connectivity index (χ0n) is 11.5. The van der Waals surface area contributed by atoms with Gasteiger partial charge in [-0.15, -0.1) is 11.8 Å². The van der Waals surface area contributed by atoms with E-state index in [1.165, 1.54) is 19.3 Å². The molecule has 20 heavy (non-hydrogen) atoms. The first-order chi connectivity index (χ1) is 9.75. The number of carboxylic acids is 1. The second kappa shape index (κ2) is 6.08. The van der Waals surface area contributed by atoms with Crippen LogP contribution in [-0.4, -0.2) is 32.7 Å². The Balaban J connectivity index is 1.80. The van der Waals surface area contributed by atoms with Crippen molar-refractivity contribution in [1.29, 1.82) is 0 Å². The highest BCUT2D eigenvalue weighted by Crippen LogP contribution is 2.38. The number of nitrogens with zero attached hydrogens (tertiary/aromatic N) is 2.